The molecule has 1 saturated heterocycles. The first-order valence-electron chi connectivity index (χ1n) is 10.8. The molecule has 0 aliphatic carbocycles. The van der Waals surface area contributed by atoms with E-state index in [9.17, 15) is 18.0 Å². The van der Waals surface area contributed by atoms with Crippen molar-refractivity contribution in [3.8, 4) is 0 Å². The van der Waals surface area contributed by atoms with E-state index in [-0.39, 0.29) is 35.4 Å². The van der Waals surface area contributed by atoms with Gasteiger partial charge in [-0.25, -0.2) is 8.42 Å². The zero-order valence-corrected chi connectivity index (χ0v) is 19.7. The minimum absolute atomic E-state index is 0.00318. The van der Waals surface area contributed by atoms with Gasteiger partial charge in [-0.2, -0.15) is 4.31 Å². The van der Waals surface area contributed by atoms with Gasteiger partial charge >= 0.3 is 5.97 Å². The summed E-state index contributed by atoms with van der Waals surface area (Å²) >= 11 is 0. The molecule has 34 heavy (non-hydrogen) atoms. The maximum Gasteiger partial charge on any atom is 0.324 e. The molecular formula is C24H25N3O6S. The SMILES string of the molecule is Cc1noc(C)c1S(=O)(=O)N1CCCC1C(=O)OCc1ccc(C(=O)Nc2ccccc2)cc1. The Kier molecular flexibility index (Phi) is 6.80. The fourth-order valence-corrected chi connectivity index (χ4v) is 5.89. The average Bonchev–Trinajstić information content (AvgIpc) is 3.46. The maximum absolute atomic E-state index is 13.1. The van der Waals surface area contributed by atoms with E-state index in [4.69, 9.17) is 9.26 Å². The van der Waals surface area contributed by atoms with Crippen LogP contribution in [0.5, 0.6) is 0 Å². The van der Waals surface area contributed by atoms with E-state index >= 15 is 0 Å². The van der Waals surface area contributed by atoms with Crippen molar-refractivity contribution in [2.45, 2.75) is 44.2 Å². The van der Waals surface area contributed by atoms with Crippen molar-refractivity contribution in [2.24, 2.45) is 0 Å². The Bertz CT molecular complexity index is 1270. The van der Waals surface area contributed by atoms with E-state index in [2.05, 4.69) is 10.5 Å². The lowest BCUT2D eigenvalue weighted by Gasteiger charge is -2.22. The molecule has 178 valence electrons. The lowest BCUT2D eigenvalue weighted by atomic mass is 10.1. The minimum atomic E-state index is -3.94. The van der Waals surface area contributed by atoms with Crippen molar-refractivity contribution in [2.75, 3.05) is 11.9 Å². The largest absolute Gasteiger partial charge is 0.460 e. The summed E-state index contributed by atoms with van der Waals surface area (Å²) in [6.07, 6.45) is 0.924. The summed E-state index contributed by atoms with van der Waals surface area (Å²) in [7, 11) is -3.94. The maximum atomic E-state index is 13.1. The molecule has 2 heterocycles. The zero-order chi connectivity index (χ0) is 24.3. The molecule has 1 atom stereocenters. The Morgan fingerprint density at radius 3 is 2.47 bits per heavy atom. The number of amides is 1. The van der Waals surface area contributed by atoms with Crippen LogP contribution >= 0.6 is 0 Å². The third-order valence-electron chi connectivity index (χ3n) is 5.64. The van der Waals surface area contributed by atoms with Crippen LogP contribution in [0.25, 0.3) is 0 Å². The highest BCUT2D eigenvalue weighted by Gasteiger charge is 2.42. The van der Waals surface area contributed by atoms with E-state index < -0.39 is 22.0 Å². The Labute approximate surface area is 197 Å². The van der Waals surface area contributed by atoms with Crippen molar-refractivity contribution in [1.82, 2.24) is 9.46 Å². The molecule has 4 rings (SSSR count). The minimum Gasteiger partial charge on any atom is -0.460 e. The summed E-state index contributed by atoms with van der Waals surface area (Å²) in [5.41, 5.74) is 2.10. The van der Waals surface area contributed by atoms with E-state index in [1.807, 2.05) is 18.2 Å². The molecule has 1 N–H and O–H groups in total. The van der Waals surface area contributed by atoms with Crippen molar-refractivity contribution in [3.63, 3.8) is 0 Å². The molecule has 0 saturated carbocycles. The monoisotopic (exact) mass is 483 g/mol. The van der Waals surface area contributed by atoms with Crippen LogP contribution in [0.1, 0.15) is 40.2 Å². The summed E-state index contributed by atoms with van der Waals surface area (Å²) in [6.45, 7) is 3.27. The van der Waals surface area contributed by atoms with Gasteiger partial charge in [0.15, 0.2) is 5.76 Å². The number of hydrogen-bond donors (Lipinski definition) is 1. The number of carbonyl (C=O) groups excluding carboxylic acids is 2. The normalized spacial score (nSPS) is 16.4. The molecule has 10 heteroatoms. The highest BCUT2D eigenvalue weighted by atomic mass is 32.2. The molecule has 1 fully saturated rings. The predicted molar refractivity (Wildman–Crippen MR) is 124 cm³/mol. The molecule has 0 bridgehead atoms. The third-order valence-corrected chi connectivity index (χ3v) is 7.79. The van der Waals surface area contributed by atoms with Crippen LogP contribution in [0.15, 0.2) is 64.0 Å². The molecule has 1 amide bonds. The van der Waals surface area contributed by atoms with Crippen LogP contribution in [-0.4, -0.2) is 42.3 Å². The third kappa shape index (κ3) is 4.87. The lowest BCUT2D eigenvalue weighted by Crippen LogP contribution is -2.41. The highest BCUT2D eigenvalue weighted by molar-refractivity contribution is 7.89. The van der Waals surface area contributed by atoms with Crippen LogP contribution in [0, 0.1) is 13.8 Å². The number of aromatic nitrogens is 1. The van der Waals surface area contributed by atoms with Gasteiger partial charge < -0.3 is 14.6 Å². The molecule has 3 aromatic rings. The molecule has 0 spiro atoms. The molecule has 1 unspecified atom stereocenters. The summed E-state index contributed by atoms with van der Waals surface area (Å²) in [5.74, 6) is -0.674. The first kappa shape index (κ1) is 23.7. The lowest BCUT2D eigenvalue weighted by molar-refractivity contribution is -0.148. The van der Waals surface area contributed by atoms with Gasteiger partial charge in [0, 0.05) is 17.8 Å². The van der Waals surface area contributed by atoms with E-state index in [0.717, 1.165) is 0 Å². The van der Waals surface area contributed by atoms with Crippen LogP contribution in [0.2, 0.25) is 0 Å². The van der Waals surface area contributed by atoms with Gasteiger partial charge in [-0.15, -0.1) is 0 Å². The van der Waals surface area contributed by atoms with Gasteiger partial charge in [0.05, 0.1) is 0 Å². The number of hydrogen-bond acceptors (Lipinski definition) is 7. The zero-order valence-electron chi connectivity index (χ0n) is 18.9. The predicted octanol–water partition coefficient (Wildman–Crippen LogP) is 3.44. The Hall–Kier alpha value is -3.50. The van der Waals surface area contributed by atoms with Crippen molar-refractivity contribution in [3.05, 3.63) is 77.2 Å². The number of carbonyl (C=O) groups is 2. The van der Waals surface area contributed by atoms with Crippen LogP contribution in [0.4, 0.5) is 5.69 Å². The Balaban J connectivity index is 1.38. The van der Waals surface area contributed by atoms with E-state index in [1.54, 1.807) is 43.3 Å². The van der Waals surface area contributed by atoms with Crippen molar-refractivity contribution in [1.29, 1.82) is 0 Å². The van der Waals surface area contributed by atoms with Gasteiger partial charge in [-0.3, -0.25) is 9.59 Å². The summed E-state index contributed by atoms with van der Waals surface area (Å²) in [6, 6.07) is 14.9. The molecule has 1 aliphatic rings. The second-order valence-electron chi connectivity index (χ2n) is 8.05. The second kappa shape index (κ2) is 9.78. The number of nitrogens with one attached hydrogen (secondary N) is 1. The van der Waals surface area contributed by atoms with Crippen LogP contribution in [0.3, 0.4) is 0 Å². The van der Waals surface area contributed by atoms with Crippen LogP contribution < -0.4 is 5.32 Å². The van der Waals surface area contributed by atoms with Crippen molar-refractivity contribution < 1.29 is 27.3 Å². The quantitative estimate of drug-likeness (QED) is 0.511. The van der Waals surface area contributed by atoms with Crippen LogP contribution in [-0.2, 0) is 26.2 Å². The fourth-order valence-electron chi connectivity index (χ4n) is 3.95. The topological polar surface area (TPSA) is 119 Å². The number of benzene rings is 2. The van der Waals surface area contributed by atoms with E-state index in [0.29, 0.717) is 29.7 Å². The van der Waals surface area contributed by atoms with Gasteiger partial charge in [0.25, 0.3) is 5.91 Å². The standard InChI is InChI=1S/C24H25N3O6S/c1-16-22(17(2)33-26-16)34(30,31)27-14-6-9-21(27)24(29)32-15-18-10-12-19(13-11-18)23(28)25-20-7-4-3-5-8-20/h3-5,7-8,10-13,21H,6,9,14-15H2,1-2H3,(H,25,28). The molecule has 9 nitrogen and oxygen atoms in total. The van der Waals surface area contributed by atoms with Gasteiger partial charge in [-0.1, -0.05) is 35.5 Å². The Morgan fingerprint density at radius 1 is 1.12 bits per heavy atom. The molecule has 2 aromatic carbocycles. The Morgan fingerprint density at radius 2 is 1.82 bits per heavy atom. The number of rotatable bonds is 7. The highest BCUT2D eigenvalue weighted by Crippen LogP contribution is 2.30. The van der Waals surface area contributed by atoms with Gasteiger partial charge in [0.1, 0.15) is 23.2 Å². The number of para-hydroxylation sites is 1. The smallest absolute Gasteiger partial charge is 0.324 e. The van der Waals surface area contributed by atoms with Crippen molar-refractivity contribution >= 4 is 27.6 Å². The molecule has 1 aromatic heterocycles. The number of sulfonamides is 1. The van der Waals surface area contributed by atoms with Gasteiger partial charge in [0.2, 0.25) is 10.0 Å². The van der Waals surface area contributed by atoms with E-state index in [1.165, 1.54) is 11.2 Å². The summed E-state index contributed by atoms with van der Waals surface area (Å²) in [5, 5.41) is 6.52. The molecule has 1 aliphatic heterocycles. The average molecular weight is 484 g/mol. The number of nitrogens with zero attached hydrogens (tertiary/aromatic N) is 2. The molecule has 0 radical (unpaired) electrons. The fraction of sp³-hybridized carbons (Fsp3) is 0.292. The van der Waals surface area contributed by atoms with Gasteiger partial charge in [-0.05, 0) is 56.5 Å². The molecular weight excluding hydrogens is 458 g/mol. The number of esters is 1. The number of anilines is 1. The summed E-state index contributed by atoms with van der Waals surface area (Å²) in [4.78, 5) is 25.1. The second-order valence-corrected chi connectivity index (χ2v) is 9.88. The number of aryl methyl sites for hydroxylation is 2. The number of ether oxygens (including phenoxy) is 1. The summed E-state index contributed by atoms with van der Waals surface area (Å²) < 4.78 is 37.9. The first-order valence-corrected chi connectivity index (χ1v) is 12.3. The first-order chi connectivity index (χ1) is 16.3.